The number of rotatable bonds is 6. The fraction of sp³-hybridized carbons (Fsp3) is 0.769. The van der Waals surface area contributed by atoms with E-state index < -0.39 is 0 Å². The monoisotopic (exact) mass is 237 g/mol. The lowest BCUT2D eigenvalue weighted by atomic mass is 10.0. The normalized spacial score (nSPS) is 24.4. The van der Waals surface area contributed by atoms with Crippen molar-refractivity contribution < 1.29 is 4.74 Å². The smallest absolute Gasteiger partial charge is 0.0948 e. The summed E-state index contributed by atoms with van der Waals surface area (Å²) in [5.74, 6) is 0. The van der Waals surface area contributed by atoms with Crippen LogP contribution in [0.4, 0.5) is 0 Å². The lowest BCUT2D eigenvalue weighted by Crippen LogP contribution is -2.37. The Morgan fingerprint density at radius 1 is 1.59 bits per heavy atom. The molecule has 1 unspecified atom stereocenters. The first-order valence-corrected chi connectivity index (χ1v) is 6.57. The number of hydrogen-bond acceptors (Lipinski definition) is 3. The molecule has 2 heterocycles. The fourth-order valence-electron chi connectivity index (χ4n) is 2.37. The summed E-state index contributed by atoms with van der Waals surface area (Å²) in [7, 11) is 0. The van der Waals surface area contributed by atoms with Crippen LogP contribution in [-0.2, 0) is 17.8 Å². The lowest BCUT2D eigenvalue weighted by Gasteiger charge is -2.23. The van der Waals surface area contributed by atoms with Crippen LogP contribution >= 0.6 is 0 Å². The van der Waals surface area contributed by atoms with Crippen LogP contribution in [0.2, 0.25) is 0 Å². The van der Waals surface area contributed by atoms with Gasteiger partial charge in [-0.2, -0.15) is 0 Å². The molecule has 0 amide bonds. The quantitative estimate of drug-likeness (QED) is 0.822. The molecule has 1 aromatic heterocycles. The molecule has 1 saturated heterocycles. The van der Waals surface area contributed by atoms with Crippen molar-refractivity contribution >= 4 is 0 Å². The highest BCUT2D eigenvalue weighted by Crippen LogP contribution is 2.23. The number of aryl methyl sites for hydroxylation is 1. The van der Waals surface area contributed by atoms with Crippen LogP contribution in [-0.4, -0.2) is 28.3 Å². The van der Waals surface area contributed by atoms with E-state index in [-0.39, 0.29) is 5.60 Å². The zero-order chi connectivity index (χ0) is 12.1. The zero-order valence-electron chi connectivity index (χ0n) is 10.9. The number of hydrogen-bond donors (Lipinski definition) is 1. The van der Waals surface area contributed by atoms with E-state index in [9.17, 15) is 0 Å². The summed E-state index contributed by atoms with van der Waals surface area (Å²) >= 11 is 0. The Morgan fingerprint density at radius 3 is 3.18 bits per heavy atom. The standard InChI is InChI=1S/C13H23N3O/c1-3-6-16-11-15-9-12(16)8-14-10-13(2)5-4-7-17-13/h9,11,14H,3-8,10H2,1-2H3. The van der Waals surface area contributed by atoms with Gasteiger partial charge in [0.2, 0.25) is 0 Å². The summed E-state index contributed by atoms with van der Waals surface area (Å²) in [5.41, 5.74) is 1.30. The Labute approximate surface area is 103 Å². The molecular formula is C13H23N3O. The second kappa shape index (κ2) is 5.65. The van der Waals surface area contributed by atoms with Gasteiger partial charge >= 0.3 is 0 Å². The highest BCUT2D eigenvalue weighted by molar-refractivity contribution is 4.98. The van der Waals surface area contributed by atoms with Crippen molar-refractivity contribution in [2.45, 2.75) is 51.8 Å². The Bertz CT molecular complexity index is 342. The van der Waals surface area contributed by atoms with Crippen LogP contribution in [0.15, 0.2) is 12.5 Å². The average molecular weight is 237 g/mol. The average Bonchev–Trinajstić information content (AvgIpc) is 2.90. The first-order valence-electron chi connectivity index (χ1n) is 6.57. The summed E-state index contributed by atoms with van der Waals surface area (Å²) in [4.78, 5) is 4.20. The predicted octanol–water partition coefficient (Wildman–Crippen LogP) is 1.95. The molecule has 1 aliphatic rings. The third-order valence-electron chi connectivity index (χ3n) is 3.37. The predicted molar refractivity (Wildman–Crippen MR) is 67.8 cm³/mol. The molecule has 96 valence electrons. The van der Waals surface area contributed by atoms with Gasteiger partial charge in [-0.1, -0.05) is 6.92 Å². The fourth-order valence-corrected chi connectivity index (χ4v) is 2.37. The Kier molecular flexibility index (Phi) is 4.18. The van der Waals surface area contributed by atoms with E-state index >= 15 is 0 Å². The number of ether oxygens (including phenoxy) is 1. The first kappa shape index (κ1) is 12.6. The van der Waals surface area contributed by atoms with Gasteiger partial charge in [0.1, 0.15) is 0 Å². The van der Waals surface area contributed by atoms with Crippen LogP contribution in [0.3, 0.4) is 0 Å². The number of nitrogens with one attached hydrogen (secondary N) is 1. The largest absolute Gasteiger partial charge is 0.374 e. The molecule has 0 bridgehead atoms. The molecule has 1 fully saturated rings. The van der Waals surface area contributed by atoms with E-state index in [1.165, 1.54) is 12.1 Å². The van der Waals surface area contributed by atoms with Crippen molar-refractivity contribution in [3.63, 3.8) is 0 Å². The molecule has 0 radical (unpaired) electrons. The van der Waals surface area contributed by atoms with Crippen molar-refractivity contribution in [3.8, 4) is 0 Å². The minimum absolute atomic E-state index is 0.0373. The highest BCUT2D eigenvalue weighted by atomic mass is 16.5. The third kappa shape index (κ3) is 3.30. The SMILES string of the molecule is CCCn1cncc1CNCC1(C)CCCO1. The van der Waals surface area contributed by atoms with Crippen molar-refractivity contribution in [3.05, 3.63) is 18.2 Å². The van der Waals surface area contributed by atoms with Gasteiger partial charge in [0.25, 0.3) is 0 Å². The third-order valence-corrected chi connectivity index (χ3v) is 3.37. The molecule has 0 spiro atoms. The van der Waals surface area contributed by atoms with E-state index in [4.69, 9.17) is 4.74 Å². The van der Waals surface area contributed by atoms with E-state index in [1.54, 1.807) is 0 Å². The molecule has 1 atom stereocenters. The maximum absolute atomic E-state index is 5.75. The van der Waals surface area contributed by atoms with Gasteiger partial charge < -0.3 is 14.6 Å². The molecule has 17 heavy (non-hydrogen) atoms. The maximum atomic E-state index is 5.75. The van der Waals surface area contributed by atoms with Gasteiger partial charge in [0, 0.05) is 32.4 Å². The lowest BCUT2D eigenvalue weighted by molar-refractivity contribution is 0.0206. The van der Waals surface area contributed by atoms with E-state index in [1.807, 2.05) is 12.5 Å². The number of aromatic nitrogens is 2. The van der Waals surface area contributed by atoms with Crippen molar-refractivity contribution in [1.82, 2.24) is 14.9 Å². The van der Waals surface area contributed by atoms with E-state index in [2.05, 4.69) is 28.7 Å². The molecule has 0 aromatic carbocycles. The summed E-state index contributed by atoms with van der Waals surface area (Å²) < 4.78 is 7.97. The van der Waals surface area contributed by atoms with Crippen molar-refractivity contribution in [2.24, 2.45) is 0 Å². The summed E-state index contributed by atoms with van der Waals surface area (Å²) in [6.07, 6.45) is 7.35. The molecule has 1 aliphatic heterocycles. The topological polar surface area (TPSA) is 39.1 Å². The molecular weight excluding hydrogens is 214 g/mol. The molecule has 0 saturated carbocycles. The summed E-state index contributed by atoms with van der Waals surface area (Å²) in [6.45, 7) is 8.13. The Balaban J connectivity index is 1.79. The summed E-state index contributed by atoms with van der Waals surface area (Å²) in [5, 5.41) is 3.48. The van der Waals surface area contributed by atoms with E-state index in [0.29, 0.717) is 0 Å². The van der Waals surface area contributed by atoms with Gasteiger partial charge in [-0.3, -0.25) is 0 Å². The highest BCUT2D eigenvalue weighted by Gasteiger charge is 2.28. The van der Waals surface area contributed by atoms with E-state index in [0.717, 1.165) is 39.1 Å². The maximum Gasteiger partial charge on any atom is 0.0948 e. The zero-order valence-corrected chi connectivity index (χ0v) is 10.9. The minimum Gasteiger partial charge on any atom is -0.374 e. The van der Waals surface area contributed by atoms with Crippen LogP contribution in [0, 0.1) is 0 Å². The van der Waals surface area contributed by atoms with Crippen molar-refractivity contribution in [2.75, 3.05) is 13.2 Å². The van der Waals surface area contributed by atoms with Crippen LogP contribution in [0.25, 0.3) is 0 Å². The second-order valence-corrected chi connectivity index (χ2v) is 5.08. The second-order valence-electron chi connectivity index (χ2n) is 5.08. The van der Waals surface area contributed by atoms with Gasteiger partial charge in [0.05, 0.1) is 17.6 Å². The molecule has 4 nitrogen and oxygen atoms in total. The molecule has 1 N–H and O–H groups in total. The van der Waals surface area contributed by atoms with Crippen LogP contribution in [0.5, 0.6) is 0 Å². The van der Waals surface area contributed by atoms with Gasteiger partial charge in [-0.15, -0.1) is 0 Å². The minimum atomic E-state index is 0.0373. The van der Waals surface area contributed by atoms with Crippen LogP contribution in [0.1, 0.15) is 38.8 Å². The van der Waals surface area contributed by atoms with Crippen molar-refractivity contribution in [1.29, 1.82) is 0 Å². The van der Waals surface area contributed by atoms with Crippen LogP contribution < -0.4 is 5.32 Å². The molecule has 2 rings (SSSR count). The van der Waals surface area contributed by atoms with Gasteiger partial charge in [-0.05, 0) is 26.2 Å². The van der Waals surface area contributed by atoms with Gasteiger partial charge in [0.15, 0.2) is 0 Å². The first-order chi connectivity index (χ1) is 8.23. The Hall–Kier alpha value is -0.870. The summed E-state index contributed by atoms with van der Waals surface area (Å²) in [6, 6.07) is 0. The number of imidazole rings is 1. The molecule has 0 aliphatic carbocycles. The number of nitrogens with zero attached hydrogens (tertiary/aromatic N) is 2. The Morgan fingerprint density at radius 2 is 2.47 bits per heavy atom. The molecule has 4 heteroatoms. The molecule has 1 aromatic rings. The van der Waals surface area contributed by atoms with Gasteiger partial charge in [-0.25, -0.2) is 4.98 Å².